The highest BCUT2D eigenvalue weighted by Gasteiger charge is 2.22. The molecule has 2 aromatic carbocycles. The lowest BCUT2D eigenvalue weighted by Gasteiger charge is -2.11. The molecule has 0 bridgehead atoms. The number of thioether (sulfide) groups is 1. The summed E-state index contributed by atoms with van der Waals surface area (Å²) in [7, 11) is 0. The minimum absolute atomic E-state index is 0.279. The summed E-state index contributed by atoms with van der Waals surface area (Å²) in [4.78, 5) is 13.3. The Morgan fingerprint density at radius 2 is 1.97 bits per heavy atom. The van der Waals surface area contributed by atoms with Crippen molar-refractivity contribution in [3.05, 3.63) is 88.9 Å². The summed E-state index contributed by atoms with van der Waals surface area (Å²) < 4.78 is 8.68. The van der Waals surface area contributed by atoms with Crippen LogP contribution in [0.5, 0.6) is 0 Å². The number of para-hydroxylation sites is 2. The van der Waals surface area contributed by atoms with Gasteiger partial charge >= 0.3 is 0 Å². The summed E-state index contributed by atoms with van der Waals surface area (Å²) in [6, 6.07) is 17.3. The number of carbonyl (C=O) groups is 1. The molecule has 0 atom stereocenters. The number of anilines is 1. The van der Waals surface area contributed by atoms with E-state index >= 15 is 0 Å². The first-order valence-corrected chi connectivity index (χ1v) is 11.8. The molecule has 0 fully saturated rings. The lowest BCUT2D eigenvalue weighted by molar-refractivity contribution is 0.0997. The molecule has 0 spiro atoms. The molecule has 9 heteroatoms. The molecule has 0 aliphatic rings. The Morgan fingerprint density at radius 3 is 2.78 bits per heavy atom. The first kappa shape index (κ1) is 20.5. The number of rotatable bonds is 7. The van der Waals surface area contributed by atoms with Crippen LogP contribution in [0.3, 0.4) is 0 Å². The molecule has 0 saturated carbocycles. The Balaban J connectivity index is 1.44. The first-order valence-electron chi connectivity index (χ1n) is 9.97. The number of carbonyl (C=O) groups excluding carboxylic acids is 1. The van der Waals surface area contributed by atoms with Crippen molar-refractivity contribution >= 4 is 45.7 Å². The highest BCUT2D eigenvalue weighted by Crippen LogP contribution is 2.33. The molecule has 1 amide bonds. The minimum atomic E-state index is -0.279. The molecule has 32 heavy (non-hydrogen) atoms. The number of hydrogen-bond acceptors (Lipinski definition) is 7. The largest absolute Gasteiger partial charge is 0.451 e. The number of nitrogens with zero attached hydrogens (tertiary/aromatic N) is 4. The Labute approximate surface area is 192 Å². The van der Waals surface area contributed by atoms with Crippen LogP contribution in [0.2, 0.25) is 0 Å². The number of hydrogen-bond donors (Lipinski definition) is 1. The van der Waals surface area contributed by atoms with Crippen molar-refractivity contribution in [1.29, 1.82) is 0 Å². The quantitative estimate of drug-likeness (QED) is 0.327. The van der Waals surface area contributed by atoms with Crippen LogP contribution in [0.25, 0.3) is 11.0 Å². The molecule has 0 unspecified atom stereocenters. The van der Waals surface area contributed by atoms with Gasteiger partial charge in [-0.3, -0.25) is 9.48 Å². The van der Waals surface area contributed by atoms with Crippen LogP contribution in [0, 0.1) is 6.92 Å². The van der Waals surface area contributed by atoms with Crippen LogP contribution in [-0.4, -0.2) is 25.9 Å². The highest BCUT2D eigenvalue weighted by atomic mass is 32.2. The third-order valence-electron chi connectivity index (χ3n) is 4.91. The van der Waals surface area contributed by atoms with Crippen molar-refractivity contribution in [2.75, 3.05) is 5.32 Å². The summed E-state index contributed by atoms with van der Waals surface area (Å²) in [5, 5.41) is 17.4. The molecule has 5 rings (SSSR count). The van der Waals surface area contributed by atoms with E-state index in [1.807, 2.05) is 72.4 Å². The zero-order chi connectivity index (χ0) is 21.9. The van der Waals surface area contributed by atoms with Gasteiger partial charge in [-0.1, -0.05) is 59.5 Å². The van der Waals surface area contributed by atoms with Gasteiger partial charge in [0, 0.05) is 34.8 Å². The van der Waals surface area contributed by atoms with Crippen LogP contribution >= 0.6 is 23.1 Å². The average molecular weight is 462 g/mol. The van der Waals surface area contributed by atoms with Gasteiger partial charge in [-0.25, -0.2) is 0 Å². The van der Waals surface area contributed by atoms with Gasteiger partial charge in [-0.15, -0.1) is 10.2 Å². The van der Waals surface area contributed by atoms with Crippen LogP contribution in [0.1, 0.15) is 26.7 Å². The lowest BCUT2D eigenvalue weighted by Crippen LogP contribution is -2.15. The molecular weight excluding hydrogens is 442 g/mol. The molecule has 0 radical (unpaired) electrons. The van der Waals surface area contributed by atoms with Gasteiger partial charge in [-0.05, 0) is 30.7 Å². The van der Waals surface area contributed by atoms with E-state index < -0.39 is 0 Å². The summed E-state index contributed by atoms with van der Waals surface area (Å²) in [6.07, 6.45) is 3.63. The summed E-state index contributed by atoms with van der Waals surface area (Å²) in [6.45, 7) is 2.48. The van der Waals surface area contributed by atoms with E-state index in [0.717, 1.165) is 31.5 Å². The maximum atomic E-state index is 13.3. The second-order valence-electron chi connectivity index (χ2n) is 7.10. The Hall–Kier alpha value is -3.43. The SMILES string of the molecule is Cc1nnc(SCc2c(C(=O)Nc3ccccc3Cn3cccn3)oc3ccccc23)s1. The Morgan fingerprint density at radius 1 is 1.12 bits per heavy atom. The second-order valence-corrected chi connectivity index (χ2v) is 9.50. The third kappa shape index (κ3) is 4.30. The van der Waals surface area contributed by atoms with Crippen molar-refractivity contribution < 1.29 is 9.21 Å². The fraction of sp³-hybridized carbons (Fsp3) is 0.130. The summed E-state index contributed by atoms with van der Waals surface area (Å²) in [5.74, 6) is 0.593. The van der Waals surface area contributed by atoms with Crippen LogP contribution < -0.4 is 5.32 Å². The number of aryl methyl sites for hydroxylation is 1. The van der Waals surface area contributed by atoms with Crippen LogP contribution in [0.4, 0.5) is 5.69 Å². The molecule has 3 aromatic heterocycles. The fourth-order valence-electron chi connectivity index (χ4n) is 3.42. The van der Waals surface area contributed by atoms with Crippen molar-refractivity contribution in [3.8, 4) is 0 Å². The number of amides is 1. The molecule has 3 heterocycles. The molecule has 5 aromatic rings. The number of nitrogens with one attached hydrogen (secondary N) is 1. The van der Waals surface area contributed by atoms with Gasteiger partial charge in [0.05, 0.1) is 6.54 Å². The Bertz CT molecular complexity index is 1370. The van der Waals surface area contributed by atoms with Gasteiger partial charge in [0.1, 0.15) is 10.6 Å². The van der Waals surface area contributed by atoms with Crippen molar-refractivity contribution in [2.45, 2.75) is 23.6 Å². The zero-order valence-electron chi connectivity index (χ0n) is 17.2. The summed E-state index contributed by atoms with van der Waals surface area (Å²) in [5.41, 5.74) is 3.22. The van der Waals surface area contributed by atoms with Gasteiger partial charge in [-0.2, -0.15) is 5.10 Å². The molecule has 0 aliphatic carbocycles. The molecule has 0 aliphatic heterocycles. The van der Waals surface area contributed by atoms with E-state index in [4.69, 9.17) is 4.42 Å². The smallest absolute Gasteiger partial charge is 0.291 e. The number of fused-ring (bicyclic) bond motifs is 1. The van der Waals surface area contributed by atoms with E-state index in [-0.39, 0.29) is 5.91 Å². The maximum Gasteiger partial charge on any atom is 0.291 e. The molecule has 0 saturated heterocycles. The maximum absolute atomic E-state index is 13.3. The van der Waals surface area contributed by atoms with Crippen molar-refractivity contribution in [2.24, 2.45) is 0 Å². The van der Waals surface area contributed by atoms with Gasteiger partial charge < -0.3 is 9.73 Å². The predicted molar refractivity (Wildman–Crippen MR) is 126 cm³/mol. The topological polar surface area (TPSA) is 85.8 Å². The van der Waals surface area contributed by atoms with Crippen molar-refractivity contribution in [1.82, 2.24) is 20.0 Å². The standard InChI is InChI=1S/C23H19N5O2S2/c1-15-26-27-23(32-15)31-14-18-17-8-3-5-10-20(17)30-21(18)22(29)25-19-9-4-2-7-16(19)13-28-12-6-11-24-28/h2-12H,13-14H2,1H3,(H,25,29). The van der Waals surface area contributed by atoms with Gasteiger partial charge in [0.15, 0.2) is 10.1 Å². The number of furan rings is 1. The molecular formula is C23H19N5O2S2. The normalized spacial score (nSPS) is 11.2. The van der Waals surface area contributed by atoms with Crippen molar-refractivity contribution in [3.63, 3.8) is 0 Å². The number of aromatic nitrogens is 4. The summed E-state index contributed by atoms with van der Waals surface area (Å²) >= 11 is 3.09. The van der Waals surface area contributed by atoms with Gasteiger partial charge in [0.2, 0.25) is 0 Å². The van der Waals surface area contributed by atoms with E-state index in [2.05, 4.69) is 20.6 Å². The van der Waals surface area contributed by atoms with Crippen LogP contribution in [0.15, 0.2) is 75.7 Å². The zero-order valence-corrected chi connectivity index (χ0v) is 18.8. The minimum Gasteiger partial charge on any atom is -0.451 e. The fourth-order valence-corrected chi connectivity index (χ4v) is 5.27. The predicted octanol–water partition coefficient (Wildman–Crippen LogP) is 5.38. The first-order chi connectivity index (χ1) is 15.7. The van der Waals surface area contributed by atoms with Crippen LogP contribution in [-0.2, 0) is 12.3 Å². The Kier molecular flexibility index (Phi) is 5.74. The van der Waals surface area contributed by atoms with E-state index in [1.165, 1.54) is 11.3 Å². The molecule has 7 nitrogen and oxygen atoms in total. The van der Waals surface area contributed by atoms with E-state index in [9.17, 15) is 4.79 Å². The second kappa shape index (κ2) is 8.97. The molecule has 160 valence electrons. The third-order valence-corrected chi connectivity index (χ3v) is 6.91. The number of benzene rings is 2. The molecule has 1 N–H and O–H groups in total. The van der Waals surface area contributed by atoms with E-state index in [1.54, 1.807) is 18.0 Å². The van der Waals surface area contributed by atoms with E-state index in [0.29, 0.717) is 23.6 Å². The highest BCUT2D eigenvalue weighted by molar-refractivity contribution is 8.00. The lowest BCUT2D eigenvalue weighted by atomic mass is 10.1. The monoisotopic (exact) mass is 461 g/mol. The average Bonchev–Trinajstić information content (AvgIpc) is 3.54. The van der Waals surface area contributed by atoms with Gasteiger partial charge in [0.25, 0.3) is 5.91 Å².